The number of carbonyl (C=O) groups is 1. The summed E-state index contributed by atoms with van der Waals surface area (Å²) in [7, 11) is 1.66. The van der Waals surface area contributed by atoms with Crippen molar-refractivity contribution in [2.75, 3.05) is 23.9 Å². The summed E-state index contributed by atoms with van der Waals surface area (Å²) in [6.07, 6.45) is 3.59. The summed E-state index contributed by atoms with van der Waals surface area (Å²) in [4.78, 5) is 17.9. The van der Waals surface area contributed by atoms with Gasteiger partial charge in [0, 0.05) is 31.5 Å². The fourth-order valence-corrected chi connectivity index (χ4v) is 2.19. The van der Waals surface area contributed by atoms with Gasteiger partial charge >= 0.3 is 0 Å². The third kappa shape index (κ3) is 2.31. The summed E-state index contributed by atoms with van der Waals surface area (Å²) in [5, 5.41) is 2.70. The van der Waals surface area contributed by atoms with E-state index in [0.29, 0.717) is 5.82 Å². The number of nitrogen functional groups attached to an aromatic ring is 1. The predicted molar refractivity (Wildman–Crippen MR) is 66.5 cm³/mol. The van der Waals surface area contributed by atoms with E-state index < -0.39 is 0 Å². The molecule has 0 spiro atoms. The van der Waals surface area contributed by atoms with Gasteiger partial charge in [0.25, 0.3) is 0 Å². The Hall–Kier alpha value is -1.82. The minimum atomic E-state index is -0.0898. The van der Waals surface area contributed by atoms with E-state index in [2.05, 4.69) is 20.6 Å². The van der Waals surface area contributed by atoms with E-state index in [-0.39, 0.29) is 11.9 Å². The summed E-state index contributed by atoms with van der Waals surface area (Å²) < 4.78 is 0. The van der Waals surface area contributed by atoms with Gasteiger partial charge in [0.1, 0.15) is 11.9 Å². The van der Waals surface area contributed by atoms with Gasteiger partial charge in [-0.3, -0.25) is 4.79 Å². The number of nitrogens with two attached hydrogens (primary N) is 1. The first-order chi connectivity index (χ1) is 8.26. The topological polar surface area (TPSA) is 83.3 Å². The van der Waals surface area contributed by atoms with Crippen LogP contribution in [0.5, 0.6) is 0 Å². The molecule has 1 amide bonds. The third-order valence-electron chi connectivity index (χ3n) is 3.02. The highest BCUT2D eigenvalue weighted by molar-refractivity contribution is 5.85. The molecule has 1 unspecified atom stereocenters. The van der Waals surface area contributed by atoms with Crippen LogP contribution in [0, 0.1) is 0 Å². The first kappa shape index (κ1) is 11.7. The molecule has 1 aliphatic rings. The molecule has 0 aliphatic carbocycles. The van der Waals surface area contributed by atoms with Crippen LogP contribution in [-0.4, -0.2) is 30.5 Å². The van der Waals surface area contributed by atoms with Gasteiger partial charge in [-0.15, -0.1) is 0 Å². The van der Waals surface area contributed by atoms with Gasteiger partial charge in [0.15, 0.2) is 0 Å². The van der Waals surface area contributed by atoms with Gasteiger partial charge in [0.05, 0.1) is 0 Å². The van der Waals surface area contributed by atoms with Gasteiger partial charge in [-0.25, -0.2) is 10.8 Å². The lowest BCUT2D eigenvalue weighted by Crippen LogP contribution is -2.42. The van der Waals surface area contributed by atoms with E-state index in [1.807, 2.05) is 12.1 Å². The molecule has 0 radical (unpaired) electrons. The number of hydrogen-bond acceptors (Lipinski definition) is 5. The number of nitrogens with one attached hydrogen (secondary N) is 2. The molecule has 17 heavy (non-hydrogen) atoms. The molecule has 0 aromatic carbocycles. The third-order valence-corrected chi connectivity index (χ3v) is 3.02. The second-order valence-corrected chi connectivity index (χ2v) is 4.01. The lowest BCUT2D eigenvalue weighted by molar-refractivity contribution is -0.121. The molecule has 6 nitrogen and oxygen atoms in total. The monoisotopic (exact) mass is 235 g/mol. The summed E-state index contributed by atoms with van der Waals surface area (Å²) in [6.45, 7) is 0.881. The van der Waals surface area contributed by atoms with Crippen molar-refractivity contribution < 1.29 is 4.79 Å². The molecule has 1 aromatic rings. The first-order valence-corrected chi connectivity index (χ1v) is 5.67. The molecule has 1 atom stereocenters. The second kappa shape index (κ2) is 5.01. The Labute approximate surface area is 100 Å². The van der Waals surface area contributed by atoms with E-state index in [0.717, 1.165) is 25.1 Å². The number of amides is 1. The number of pyridine rings is 1. The van der Waals surface area contributed by atoms with Gasteiger partial charge in [-0.05, 0) is 18.9 Å². The van der Waals surface area contributed by atoms with E-state index >= 15 is 0 Å². The number of aromatic nitrogens is 1. The van der Waals surface area contributed by atoms with Crippen LogP contribution in [0.2, 0.25) is 0 Å². The highest BCUT2D eigenvalue weighted by Crippen LogP contribution is 2.26. The summed E-state index contributed by atoms with van der Waals surface area (Å²) >= 11 is 0. The van der Waals surface area contributed by atoms with Crippen LogP contribution in [0.3, 0.4) is 0 Å². The number of anilines is 2. The van der Waals surface area contributed by atoms with E-state index in [1.54, 1.807) is 13.2 Å². The number of nitrogens with zero attached hydrogens (tertiary/aromatic N) is 2. The van der Waals surface area contributed by atoms with Gasteiger partial charge in [0.2, 0.25) is 5.91 Å². The number of likely N-dealkylation sites (N-methyl/N-ethyl adjacent to an activating group) is 1. The molecule has 0 bridgehead atoms. The Balaban J connectivity index is 2.22. The molecule has 92 valence electrons. The number of rotatable bonds is 3. The zero-order valence-corrected chi connectivity index (χ0v) is 9.81. The number of hydrogen-bond donors (Lipinski definition) is 3. The second-order valence-electron chi connectivity index (χ2n) is 4.01. The molecule has 2 heterocycles. The molecule has 2 rings (SSSR count). The zero-order valence-electron chi connectivity index (χ0n) is 9.81. The fraction of sp³-hybridized carbons (Fsp3) is 0.455. The van der Waals surface area contributed by atoms with Crippen LogP contribution in [0.1, 0.15) is 12.8 Å². The Morgan fingerprint density at radius 1 is 1.65 bits per heavy atom. The van der Waals surface area contributed by atoms with Crippen molar-refractivity contribution in [1.29, 1.82) is 0 Å². The van der Waals surface area contributed by atoms with Crippen molar-refractivity contribution in [2.24, 2.45) is 5.84 Å². The zero-order chi connectivity index (χ0) is 12.3. The first-order valence-electron chi connectivity index (χ1n) is 5.67. The maximum atomic E-state index is 11.7. The quantitative estimate of drug-likeness (QED) is 0.510. The van der Waals surface area contributed by atoms with Crippen LogP contribution < -0.4 is 21.5 Å². The Bertz CT molecular complexity index is 409. The van der Waals surface area contributed by atoms with Crippen molar-refractivity contribution >= 4 is 17.4 Å². The Morgan fingerprint density at radius 3 is 3.18 bits per heavy atom. The van der Waals surface area contributed by atoms with E-state index in [4.69, 9.17) is 5.84 Å². The molecule has 1 saturated heterocycles. The molecule has 1 aromatic heterocycles. The highest BCUT2D eigenvalue weighted by Gasteiger charge is 2.30. The lowest BCUT2D eigenvalue weighted by atomic mass is 10.2. The molecule has 6 heteroatoms. The predicted octanol–water partition coefficient (Wildman–Crippen LogP) is 0.0820. The standard InChI is InChI=1S/C11H17N5O/c1-13-11(17)9-3-2-6-16(9)8-4-5-14-10(7-8)15-12/h4-5,7,9H,2-3,6,12H2,1H3,(H,13,17)(H,14,15). The average molecular weight is 235 g/mol. The van der Waals surface area contributed by atoms with Crippen molar-refractivity contribution in [2.45, 2.75) is 18.9 Å². The maximum Gasteiger partial charge on any atom is 0.242 e. The summed E-state index contributed by atoms with van der Waals surface area (Å²) in [5.41, 5.74) is 3.48. The largest absolute Gasteiger partial charge is 0.359 e. The minimum absolute atomic E-state index is 0.0570. The average Bonchev–Trinajstić information content (AvgIpc) is 2.87. The SMILES string of the molecule is CNC(=O)C1CCCN1c1ccnc(NN)c1. The molecular weight excluding hydrogens is 218 g/mol. The Morgan fingerprint density at radius 2 is 2.47 bits per heavy atom. The fourth-order valence-electron chi connectivity index (χ4n) is 2.19. The molecular formula is C11H17N5O. The maximum absolute atomic E-state index is 11.7. The normalized spacial score (nSPS) is 19.2. The van der Waals surface area contributed by atoms with E-state index in [1.165, 1.54) is 0 Å². The summed E-state index contributed by atoms with van der Waals surface area (Å²) in [6, 6.07) is 3.65. The highest BCUT2D eigenvalue weighted by atomic mass is 16.2. The Kier molecular flexibility index (Phi) is 3.43. The van der Waals surface area contributed by atoms with Crippen molar-refractivity contribution in [1.82, 2.24) is 10.3 Å². The number of hydrazine groups is 1. The molecule has 1 fully saturated rings. The minimum Gasteiger partial charge on any atom is -0.359 e. The molecule has 1 aliphatic heterocycles. The van der Waals surface area contributed by atoms with Crippen LogP contribution in [0.4, 0.5) is 11.5 Å². The van der Waals surface area contributed by atoms with Crippen LogP contribution in [0.15, 0.2) is 18.3 Å². The van der Waals surface area contributed by atoms with Crippen molar-refractivity contribution in [3.63, 3.8) is 0 Å². The van der Waals surface area contributed by atoms with E-state index in [9.17, 15) is 4.79 Å². The van der Waals surface area contributed by atoms with Crippen LogP contribution in [-0.2, 0) is 4.79 Å². The lowest BCUT2D eigenvalue weighted by Gasteiger charge is -2.25. The van der Waals surface area contributed by atoms with Crippen LogP contribution >= 0.6 is 0 Å². The van der Waals surface area contributed by atoms with Gasteiger partial charge in [-0.2, -0.15) is 0 Å². The van der Waals surface area contributed by atoms with Gasteiger partial charge in [-0.1, -0.05) is 0 Å². The number of carbonyl (C=O) groups excluding carboxylic acids is 1. The van der Waals surface area contributed by atoms with Crippen molar-refractivity contribution in [3.8, 4) is 0 Å². The van der Waals surface area contributed by atoms with Crippen LogP contribution in [0.25, 0.3) is 0 Å². The molecule has 4 N–H and O–H groups in total. The smallest absolute Gasteiger partial charge is 0.242 e. The van der Waals surface area contributed by atoms with Gasteiger partial charge < -0.3 is 15.6 Å². The van der Waals surface area contributed by atoms with Crippen molar-refractivity contribution in [3.05, 3.63) is 18.3 Å². The molecule has 0 saturated carbocycles. The summed E-state index contributed by atoms with van der Waals surface area (Å²) in [5.74, 6) is 5.99.